The van der Waals surface area contributed by atoms with Crippen molar-refractivity contribution in [2.24, 2.45) is 0 Å². The highest BCUT2D eigenvalue weighted by Gasteiger charge is 2.21. The van der Waals surface area contributed by atoms with Crippen molar-refractivity contribution in [3.63, 3.8) is 0 Å². The van der Waals surface area contributed by atoms with E-state index in [2.05, 4.69) is 34.1 Å². The number of piperazine rings is 1. The molecule has 2 saturated heterocycles. The lowest BCUT2D eigenvalue weighted by molar-refractivity contribution is -0.132. The number of piperidine rings is 1. The molecular weight excluding hydrogens is 354 g/mol. The van der Waals surface area contributed by atoms with Crippen molar-refractivity contribution < 1.29 is 14.3 Å². The van der Waals surface area contributed by atoms with E-state index in [9.17, 15) is 4.79 Å². The van der Waals surface area contributed by atoms with Gasteiger partial charge in [-0.25, -0.2) is 0 Å². The van der Waals surface area contributed by atoms with Crippen LogP contribution in [0.25, 0.3) is 0 Å². The zero-order valence-corrected chi connectivity index (χ0v) is 17.3. The zero-order valence-electron chi connectivity index (χ0n) is 17.3. The van der Waals surface area contributed by atoms with Gasteiger partial charge in [0, 0.05) is 45.5 Å². The van der Waals surface area contributed by atoms with Crippen LogP contribution in [0.1, 0.15) is 32.1 Å². The summed E-state index contributed by atoms with van der Waals surface area (Å²) in [5.41, 5.74) is 1.20. The maximum absolute atomic E-state index is 12.1. The highest BCUT2D eigenvalue weighted by molar-refractivity contribution is 5.76. The molecule has 2 aliphatic heterocycles. The lowest BCUT2D eigenvalue weighted by Gasteiger charge is -2.36. The van der Waals surface area contributed by atoms with Crippen LogP contribution < -0.4 is 9.64 Å². The maximum Gasteiger partial charge on any atom is 0.225 e. The number of carbonyl (C=O) groups excluding carboxylic acids is 1. The van der Waals surface area contributed by atoms with E-state index in [1.54, 1.807) is 7.11 Å². The number of nitrogens with zero attached hydrogens (tertiary/aromatic N) is 3. The Balaban J connectivity index is 1.35. The highest BCUT2D eigenvalue weighted by Crippen LogP contribution is 2.21. The van der Waals surface area contributed by atoms with Crippen LogP contribution >= 0.6 is 0 Å². The second kappa shape index (κ2) is 11.3. The number of rotatable bonds is 9. The summed E-state index contributed by atoms with van der Waals surface area (Å²) in [7, 11) is 1.63. The minimum absolute atomic E-state index is 0.190. The van der Waals surface area contributed by atoms with E-state index >= 15 is 0 Å². The predicted molar refractivity (Wildman–Crippen MR) is 112 cm³/mol. The SMILES string of the molecule is COCCC(=O)N1CCN(c2ccc(OCCCN3CCCCC3)cc2)CC1. The van der Waals surface area contributed by atoms with Crippen LogP contribution in [0, 0.1) is 0 Å². The van der Waals surface area contributed by atoms with Crippen molar-refractivity contribution in [3.05, 3.63) is 24.3 Å². The molecule has 6 nitrogen and oxygen atoms in total. The molecule has 0 atom stereocenters. The quantitative estimate of drug-likeness (QED) is 0.608. The Morgan fingerprint density at radius 2 is 1.64 bits per heavy atom. The van der Waals surface area contributed by atoms with Gasteiger partial charge >= 0.3 is 0 Å². The second-order valence-corrected chi connectivity index (χ2v) is 7.71. The normalized spacial score (nSPS) is 18.3. The molecule has 3 rings (SSSR count). The summed E-state index contributed by atoms with van der Waals surface area (Å²) in [6.07, 6.45) is 5.63. The van der Waals surface area contributed by atoms with Crippen LogP contribution in [0.4, 0.5) is 5.69 Å². The first-order valence-corrected chi connectivity index (χ1v) is 10.7. The molecule has 1 aromatic carbocycles. The van der Waals surface area contributed by atoms with Gasteiger partial charge in [-0.1, -0.05) is 6.42 Å². The monoisotopic (exact) mass is 389 g/mol. The summed E-state index contributed by atoms with van der Waals surface area (Å²) in [5, 5.41) is 0. The highest BCUT2D eigenvalue weighted by atomic mass is 16.5. The lowest BCUT2D eigenvalue weighted by atomic mass is 10.1. The zero-order chi connectivity index (χ0) is 19.6. The minimum Gasteiger partial charge on any atom is -0.494 e. The van der Waals surface area contributed by atoms with Crippen LogP contribution in [0.5, 0.6) is 5.75 Å². The number of amides is 1. The van der Waals surface area contributed by atoms with Gasteiger partial charge in [-0.3, -0.25) is 4.79 Å². The molecule has 156 valence electrons. The average molecular weight is 390 g/mol. The van der Waals surface area contributed by atoms with E-state index in [0.29, 0.717) is 13.0 Å². The molecule has 0 radical (unpaired) electrons. The lowest BCUT2D eigenvalue weighted by Crippen LogP contribution is -2.49. The first-order valence-electron chi connectivity index (χ1n) is 10.7. The summed E-state index contributed by atoms with van der Waals surface area (Å²) < 4.78 is 10.9. The van der Waals surface area contributed by atoms with Gasteiger partial charge in [0.25, 0.3) is 0 Å². The van der Waals surface area contributed by atoms with E-state index in [0.717, 1.165) is 51.5 Å². The fourth-order valence-electron chi connectivity index (χ4n) is 3.98. The average Bonchev–Trinajstić information content (AvgIpc) is 2.76. The molecule has 28 heavy (non-hydrogen) atoms. The predicted octanol–water partition coefficient (Wildman–Crippen LogP) is 2.63. The third-order valence-electron chi connectivity index (χ3n) is 5.69. The Labute approximate surface area is 169 Å². The number of hydrogen-bond acceptors (Lipinski definition) is 5. The van der Waals surface area contributed by atoms with Crippen molar-refractivity contribution in [1.29, 1.82) is 0 Å². The molecule has 2 heterocycles. The number of anilines is 1. The van der Waals surface area contributed by atoms with Gasteiger partial charge in [-0.05, 0) is 56.6 Å². The smallest absolute Gasteiger partial charge is 0.225 e. The van der Waals surface area contributed by atoms with Gasteiger partial charge in [0.15, 0.2) is 0 Å². The molecular formula is C22H35N3O3. The van der Waals surface area contributed by atoms with Crippen molar-refractivity contribution in [3.8, 4) is 5.75 Å². The Morgan fingerprint density at radius 3 is 2.32 bits per heavy atom. The number of methoxy groups -OCH3 is 1. The van der Waals surface area contributed by atoms with Gasteiger partial charge in [-0.2, -0.15) is 0 Å². The van der Waals surface area contributed by atoms with Crippen LogP contribution in [0.15, 0.2) is 24.3 Å². The largest absolute Gasteiger partial charge is 0.494 e. The fourth-order valence-corrected chi connectivity index (χ4v) is 3.98. The summed E-state index contributed by atoms with van der Waals surface area (Å²) >= 11 is 0. The van der Waals surface area contributed by atoms with Crippen molar-refractivity contribution in [2.75, 3.05) is 71.0 Å². The number of carbonyl (C=O) groups is 1. The van der Waals surface area contributed by atoms with E-state index < -0.39 is 0 Å². The van der Waals surface area contributed by atoms with Gasteiger partial charge < -0.3 is 24.2 Å². The molecule has 2 aliphatic rings. The van der Waals surface area contributed by atoms with Gasteiger partial charge in [0.05, 0.1) is 19.6 Å². The first kappa shape index (κ1) is 20.9. The van der Waals surface area contributed by atoms with Gasteiger partial charge in [0.2, 0.25) is 5.91 Å². The van der Waals surface area contributed by atoms with E-state index in [-0.39, 0.29) is 5.91 Å². The topological polar surface area (TPSA) is 45.3 Å². The molecule has 0 unspecified atom stereocenters. The molecule has 0 saturated carbocycles. The summed E-state index contributed by atoms with van der Waals surface area (Å²) in [4.78, 5) is 18.9. The molecule has 2 fully saturated rings. The first-order chi connectivity index (χ1) is 13.8. The van der Waals surface area contributed by atoms with E-state index in [4.69, 9.17) is 9.47 Å². The molecule has 0 bridgehead atoms. The molecule has 0 N–H and O–H groups in total. The van der Waals surface area contributed by atoms with Gasteiger partial charge in [-0.15, -0.1) is 0 Å². The number of ether oxygens (including phenoxy) is 2. The fraction of sp³-hybridized carbons (Fsp3) is 0.682. The molecule has 1 aromatic rings. The number of hydrogen-bond donors (Lipinski definition) is 0. The molecule has 0 aromatic heterocycles. The molecule has 6 heteroatoms. The van der Waals surface area contributed by atoms with Gasteiger partial charge in [0.1, 0.15) is 5.75 Å². The van der Waals surface area contributed by atoms with Crippen LogP contribution in [0.2, 0.25) is 0 Å². The Bertz CT molecular complexity index is 579. The number of likely N-dealkylation sites (tertiary alicyclic amines) is 1. The van der Waals surface area contributed by atoms with Crippen LogP contribution in [0.3, 0.4) is 0 Å². The van der Waals surface area contributed by atoms with Crippen LogP contribution in [-0.4, -0.2) is 81.8 Å². The Morgan fingerprint density at radius 1 is 0.929 bits per heavy atom. The van der Waals surface area contributed by atoms with Crippen LogP contribution in [-0.2, 0) is 9.53 Å². The Kier molecular flexibility index (Phi) is 8.42. The maximum atomic E-state index is 12.1. The Hall–Kier alpha value is -1.79. The van der Waals surface area contributed by atoms with Crippen molar-refractivity contribution in [1.82, 2.24) is 9.80 Å². The summed E-state index contributed by atoms with van der Waals surface area (Å²) in [6.45, 7) is 8.21. The van der Waals surface area contributed by atoms with Crippen molar-refractivity contribution in [2.45, 2.75) is 32.1 Å². The third kappa shape index (κ3) is 6.38. The minimum atomic E-state index is 0.190. The molecule has 1 amide bonds. The van der Waals surface area contributed by atoms with E-state index in [1.807, 2.05) is 4.90 Å². The van der Waals surface area contributed by atoms with E-state index in [1.165, 1.54) is 38.0 Å². The third-order valence-corrected chi connectivity index (χ3v) is 5.69. The van der Waals surface area contributed by atoms with Crippen molar-refractivity contribution >= 4 is 11.6 Å². The molecule has 0 aliphatic carbocycles. The number of benzene rings is 1. The summed E-state index contributed by atoms with van der Waals surface area (Å²) in [6, 6.07) is 8.38. The molecule has 0 spiro atoms. The second-order valence-electron chi connectivity index (χ2n) is 7.71. The summed E-state index contributed by atoms with van der Waals surface area (Å²) in [5.74, 6) is 1.13. The standard InChI is InChI=1S/C22H35N3O3/c1-27-19-10-22(26)25-16-14-24(15-17-25)20-6-8-21(9-7-20)28-18-5-13-23-11-3-2-4-12-23/h6-9H,2-5,10-19H2,1H3.